The fraction of sp³-hybridized carbons (Fsp3) is 0.200. The van der Waals surface area contributed by atoms with Gasteiger partial charge in [-0.3, -0.25) is 0 Å². The summed E-state index contributed by atoms with van der Waals surface area (Å²) in [6.45, 7) is 1.97. The Morgan fingerprint density at radius 2 is 2.40 bits per heavy atom. The first-order valence-corrected chi connectivity index (χ1v) is 4.63. The van der Waals surface area contributed by atoms with Gasteiger partial charge in [0.05, 0.1) is 24.2 Å². The molecule has 0 saturated heterocycles. The molecule has 78 valence electrons. The van der Waals surface area contributed by atoms with Crippen molar-refractivity contribution in [3.05, 3.63) is 36.7 Å². The number of rotatable bonds is 3. The summed E-state index contributed by atoms with van der Waals surface area (Å²) >= 11 is 0. The van der Waals surface area contributed by atoms with E-state index in [1.165, 1.54) is 6.33 Å². The molecule has 5 nitrogen and oxygen atoms in total. The molecule has 3 N–H and O–H groups in total. The van der Waals surface area contributed by atoms with Crippen molar-refractivity contribution in [3.63, 3.8) is 0 Å². The van der Waals surface area contributed by atoms with Gasteiger partial charge in [-0.25, -0.2) is 9.97 Å². The van der Waals surface area contributed by atoms with Gasteiger partial charge >= 0.3 is 0 Å². The van der Waals surface area contributed by atoms with Crippen LogP contribution in [0, 0.1) is 0 Å². The van der Waals surface area contributed by atoms with E-state index in [-0.39, 0.29) is 6.04 Å². The zero-order valence-corrected chi connectivity index (χ0v) is 8.34. The highest BCUT2D eigenvalue weighted by atomic mass is 16.3. The lowest BCUT2D eigenvalue weighted by Gasteiger charge is -2.12. The molecule has 2 heterocycles. The van der Waals surface area contributed by atoms with Crippen molar-refractivity contribution in [1.82, 2.24) is 9.97 Å². The largest absolute Gasteiger partial charge is 0.467 e. The number of hydrogen-bond donors (Lipinski definition) is 2. The molecule has 15 heavy (non-hydrogen) atoms. The van der Waals surface area contributed by atoms with Crippen LogP contribution in [0.5, 0.6) is 0 Å². The number of nitrogens with zero attached hydrogens (tertiary/aromatic N) is 2. The number of anilines is 2. The Morgan fingerprint density at radius 3 is 3.07 bits per heavy atom. The maximum absolute atomic E-state index is 5.70. The molecule has 0 aromatic carbocycles. The summed E-state index contributed by atoms with van der Waals surface area (Å²) < 4.78 is 5.26. The van der Waals surface area contributed by atoms with Gasteiger partial charge in [-0.1, -0.05) is 0 Å². The Kier molecular flexibility index (Phi) is 2.53. The molecule has 1 atom stereocenters. The van der Waals surface area contributed by atoms with Gasteiger partial charge in [0.25, 0.3) is 0 Å². The smallest absolute Gasteiger partial charge is 0.153 e. The van der Waals surface area contributed by atoms with Crippen LogP contribution in [0.3, 0.4) is 0 Å². The van der Waals surface area contributed by atoms with Gasteiger partial charge in [0.2, 0.25) is 0 Å². The van der Waals surface area contributed by atoms with Crippen molar-refractivity contribution in [2.45, 2.75) is 13.0 Å². The molecular formula is C10H12N4O. The molecule has 0 fully saturated rings. The highest BCUT2D eigenvalue weighted by Crippen LogP contribution is 2.20. The highest BCUT2D eigenvalue weighted by molar-refractivity contribution is 5.59. The molecule has 0 spiro atoms. The van der Waals surface area contributed by atoms with E-state index in [2.05, 4.69) is 15.3 Å². The van der Waals surface area contributed by atoms with E-state index >= 15 is 0 Å². The normalized spacial score (nSPS) is 12.3. The molecule has 1 unspecified atom stereocenters. The number of aromatic nitrogens is 2. The van der Waals surface area contributed by atoms with Gasteiger partial charge in [0.15, 0.2) is 5.82 Å². The number of nitrogens with one attached hydrogen (secondary N) is 1. The van der Waals surface area contributed by atoms with E-state index in [9.17, 15) is 0 Å². The van der Waals surface area contributed by atoms with Crippen LogP contribution in [0.1, 0.15) is 18.7 Å². The van der Waals surface area contributed by atoms with Crippen LogP contribution in [-0.4, -0.2) is 9.97 Å². The standard InChI is InChI=1S/C10H12N4O/c1-7(9-3-2-4-15-9)14-10-8(11)5-12-6-13-10/h2-7H,11H2,1H3,(H,12,13,14). The van der Waals surface area contributed by atoms with Gasteiger partial charge in [0, 0.05) is 0 Å². The minimum absolute atomic E-state index is 0.0252. The Hall–Kier alpha value is -2.04. The Balaban J connectivity index is 2.13. The zero-order valence-electron chi connectivity index (χ0n) is 8.34. The Morgan fingerprint density at radius 1 is 1.53 bits per heavy atom. The average Bonchev–Trinajstić information content (AvgIpc) is 2.74. The maximum Gasteiger partial charge on any atom is 0.153 e. The van der Waals surface area contributed by atoms with Gasteiger partial charge in [-0.05, 0) is 19.1 Å². The second-order valence-corrected chi connectivity index (χ2v) is 3.21. The quantitative estimate of drug-likeness (QED) is 0.797. The summed E-state index contributed by atoms with van der Waals surface area (Å²) in [5.41, 5.74) is 6.23. The van der Waals surface area contributed by atoms with Crippen molar-refractivity contribution in [1.29, 1.82) is 0 Å². The lowest BCUT2D eigenvalue weighted by molar-refractivity contribution is 0.490. The minimum atomic E-state index is 0.0252. The summed E-state index contributed by atoms with van der Waals surface area (Å²) in [6, 6.07) is 3.77. The second-order valence-electron chi connectivity index (χ2n) is 3.21. The Bertz CT molecular complexity index is 427. The molecular weight excluding hydrogens is 192 g/mol. The third-order valence-corrected chi connectivity index (χ3v) is 2.06. The summed E-state index contributed by atoms with van der Waals surface area (Å²) in [6.07, 6.45) is 4.65. The SMILES string of the molecule is CC(Nc1ncncc1N)c1ccco1. The Labute approximate surface area is 87.3 Å². The van der Waals surface area contributed by atoms with Crippen molar-refractivity contribution < 1.29 is 4.42 Å². The van der Waals surface area contributed by atoms with E-state index in [4.69, 9.17) is 10.2 Å². The molecule has 0 aliphatic carbocycles. The first-order valence-electron chi connectivity index (χ1n) is 4.63. The van der Waals surface area contributed by atoms with Crippen LogP contribution in [0.2, 0.25) is 0 Å². The van der Waals surface area contributed by atoms with Crippen LogP contribution in [-0.2, 0) is 0 Å². The predicted octanol–water partition coefficient (Wildman–Crippen LogP) is 1.82. The molecule has 2 aromatic rings. The minimum Gasteiger partial charge on any atom is -0.467 e. The predicted molar refractivity (Wildman–Crippen MR) is 57.2 cm³/mol. The van der Waals surface area contributed by atoms with Crippen molar-refractivity contribution in [2.24, 2.45) is 0 Å². The van der Waals surface area contributed by atoms with Crippen LogP contribution < -0.4 is 11.1 Å². The summed E-state index contributed by atoms with van der Waals surface area (Å²) in [5, 5.41) is 3.14. The van der Waals surface area contributed by atoms with E-state index < -0.39 is 0 Å². The second kappa shape index (κ2) is 4.00. The van der Waals surface area contributed by atoms with E-state index in [0.29, 0.717) is 11.5 Å². The first kappa shape index (κ1) is 9.51. The van der Waals surface area contributed by atoms with Gasteiger partial charge in [-0.15, -0.1) is 0 Å². The lowest BCUT2D eigenvalue weighted by atomic mass is 10.2. The summed E-state index contributed by atoms with van der Waals surface area (Å²) in [5.74, 6) is 1.46. The number of nitrogens with two attached hydrogens (primary N) is 1. The lowest BCUT2D eigenvalue weighted by Crippen LogP contribution is -2.09. The summed E-state index contributed by atoms with van der Waals surface area (Å²) in [4.78, 5) is 7.85. The monoisotopic (exact) mass is 204 g/mol. The van der Waals surface area contributed by atoms with Crippen LogP contribution >= 0.6 is 0 Å². The molecule has 0 radical (unpaired) electrons. The third kappa shape index (κ3) is 2.07. The zero-order chi connectivity index (χ0) is 10.7. The van der Waals surface area contributed by atoms with E-state index in [0.717, 1.165) is 5.76 Å². The van der Waals surface area contributed by atoms with E-state index in [1.54, 1.807) is 12.5 Å². The molecule has 0 saturated carbocycles. The molecule has 0 aliphatic rings. The van der Waals surface area contributed by atoms with Gasteiger partial charge in [-0.2, -0.15) is 0 Å². The number of nitrogen functional groups attached to an aromatic ring is 1. The fourth-order valence-electron chi connectivity index (χ4n) is 1.27. The molecule has 2 aromatic heterocycles. The van der Waals surface area contributed by atoms with Gasteiger partial charge < -0.3 is 15.5 Å². The first-order chi connectivity index (χ1) is 7.27. The van der Waals surface area contributed by atoms with Crippen molar-refractivity contribution in [3.8, 4) is 0 Å². The molecule has 0 amide bonds. The fourth-order valence-corrected chi connectivity index (χ4v) is 1.27. The molecule has 0 bridgehead atoms. The van der Waals surface area contributed by atoms with Crippen molar-refractivity contribution in [2.75, 3.05) is 11.1 Å². The molecule has 0 aliphatic heterocycles. The van der Waals surface area contributed by atoms with Crippen molar-refractivity contribution >= 4 is 11.5 Å². The average molecular weight is 204 g/mol. The molecule has 5 heteroatoms. The third-order valence-electron chi connectivity index (χ3n) is 2.06. The van der Waals surface area contributed by atoms with E-state index in [1.807, 2.05) is 19.1 Å². The maximum atomic E-state index is 5.70. The van der Waals surface area contributed by atoms with Crippen LogP contribution in [0.15, 0.2) is 35.3 Å². The number of furan rings is 1. The molecule has 2 rings (SSSR count). The highest BCUT2D eigenvalue weighted by Gasteiger charge is 2.09. The topological polar surface area (TPSA) is 77.0 Å². The van der Waals surface area contributed by atoms with Crippen LogP contribution in [0.25, 0.3) is 0 Å². The van der Waals surface area contributed by atoms with Gasteiger partial charge in [0.1, 0.15) is 12.1 Å². The van der Waals surface area contributed by atoms with Crippen LogP contribution in [0.4, 0.5) is 11.5 Å². The summed E-state index contributed by atoms with van der Waals surface area (Å²) in [7, 11) is 0. The number of hydrogen-bond acceptors (Lipinski definition) is 5.